The van der Waals surface area contributed by atoms with Gasteiger partial charge in [0.1, 0.15) is 0 Å². The van der Waals surface area contributed by atoms with Crippen molar-refractivity contribution in [2.24, 2.45) is 0 Å². The van der Waals surface area contributed by atoms with Gasteiger partial charge in [-0.1, -0.05) is 29.8 Å². The van der Waals surface area contributed by atoms with Crippen molar-refractivity contribution in [2.45, 2.75) is 6.54 Å². The Morgan fingerprint density at radius 1 is 1.03 bits per heavy atom. The third-order valence-corrected chi connectivity index (χ3v) is 6.79. The molecule has 156 valence electrons. The molecule has 7 heteroatoms. The monoisotopic (exact) mass is 448 g/mol. The summed E-state index contributed by atoms with van der Waals surface area (Å²) in [6, 6.07) is 17.6. The molecule has 5 nitrogen and oxygen atoms in total. The number of thiophene rings is 1. The van der Waals surface area contributed by atoms with Gasteiger partial charge >= 0.3 is 0 Å². The van der Waals surface area contributed by atoms with Crippen molar-refractivity contribution in [1.29, 1.82) is 0 Å². The molecule has 0 N–H and O–H groups in total. The van der Waals surface area contributed by atoms with Gasteiger partial charge in [-0.3, -0.25) is 14.7 Å². The minimum atomic E-state index is 0.0579. The number of pyridine rings is 2. The summed E-state index contributed by atoms with van der Waals surface area (Å²) in [4.78, 5) is 28.1. The summed E-state index contributed by atoms with van der Waals surface area (Å²) in [5.74, 6) is 0.0579. The molecule has 3 aromatic heterocycles. The molecule has 4 aromatic rings. The molecule has 0 saturated carbocycles. The molecule has 31 heavy (non-hydrogen) atoms. The number of carbonyl (C=O) groups is 1. The summed E-state index contributed by atoms with van der Waals surface area (Å²) in [7, 11) is 0. The van der Waals surface area contributed by atoms with E-state index in [4.69, 9.17) is 16.6 Å². The first kappa shape index (κ1) is 20.1. The van der Waals surface area contributed by atoms with Crippen LogP contribution in [0, 0.1) is 0 Å². The summed E-state index contributed by atoms with van der Waals surface area (Å²) in [5, 5.41) is 0.885. The van der Waals surface area contributed by atoms with Gasteiger partial charge in [-0.2, -0.15) is 0 Å². The largest absolute Gasteiger partial charge is 0.336 e. The Kier molecular flexibility index (Phi) is 5.68. The number of halogens is 1. The topological polar surface area (TPSA) is 49.3 Å². The van der Waals surface area contributed by atoms with Crippen molar-refractivity contribution in [3.05, 3.63) is 81.8 Å². The van der Waals surface area contributed by atoms with E-state index in [-0.39, 0.29) is 5.91 Å². The number of para-hydroxylation sites is 1. The van der Waals surface area contributed by atoms with Crippen molar-refractivity contribution in [3.8, 4) is 11.3 Å². The Hall–Kier alpha value is -2.80. The van der Waals surface area contributed by atoms with E-state index in [0.717, 1.165) is 46.1 Å². The molecule has 4 heterocycles. The standard InChI is InChI=1S/C24H21ClN4OS/c25-23-8-7-18(31-23)16-28-10-12-29(13-11-28)24(30)20-14-22(17-4-3-9-26-15-17)27-21-6-2-1-5-19(20)21/h1-9,14-15H,10-13,16H2. The van der Waals surface area contributed by atoms with Gasteiger partial charge in [-0.25, -0.2) is 4.98 Å². The van der Waals surface area contributed by atoms with Crippen molar-refractivity contribution in [2.75, 3.05) is 26.2 Å². The van der Waals surface area contributed by atoms with Crippen LogP contribution < -0.4 is 0 Å². The normalized spacial score (nSPS) is 14.8. The number of piperazine rings is 1. The first-order valence-electron chi connectivity index (χ1n) is 10.2. The van der Waals surface area contributed by atoms with E-state index >= 15 is 0 Å². The van der Waals surface area contributed by atoms with Gasteiger partial charge in [0.15, 0.2) is 0 Å². The second-order valence-electron chi connectivity index (χ2n) is 7.59. The molecule has 1 amide bonds. The minimum Gasteiger partial charge on any atom is -0.336 e. The minimum absolute atomic E-state index is 0.0579. The van der Waals surface area contributed by atoms with Crippen LogP contribution in [0.4, 0.5) is 0 Å². The van der Waals surface area contributed by atoms with Gasteiger partial charge in [-0.15, -0.1) is 11.3 Å². The second-order valence-corrected chi connectivity index (χ2v) is 9.39. The zero-order valence-electron chi connectivity index (χ0n) is 16.9. The maximum Gasteiger partial charge on any atom is 0.254 e. The number of hydrogen-bond acceptors (Lipinski definition) is 5. The van der Waals surface area contributed by atoms with Gasteiger partial charge in [0.05, 0.1) is 21.1 Å². The first-order valence-corrected chi connectivity index (χ1v) is 11.4. The van der Waals surface area contributed by atoms with E-state index < -0.39 is 0 Å². The average Bonchev–Trinajstić information content (AvgIpc) is 3.23. The zero-order valence-corrected chi connectivity index (χ0v) is 18.4. The van der Waals surface area contributed by atoms with E-state index in [1.165, 1.54) is 4.88 Å². The van der Waals surface area contributed by atoms with Gasteiger partial charge in [0.2, 0.25) is 0 Å². The lowest BCUT2D eigenvalue weighted by Crippen LogP contribution is -2.48. The maximum atomic E-state index is 13.5. The summed E-state index contributed by atoms with van der Waals surface area (Å²) in [6.45, 7) is 3.98. The summed E-state index contributed by atoms with van der Waals surface area (Å²) in [6.07, 6.45) is 3.52. The summed E-state index contributed by atoms with van der Waals surface area (Å²) < 4.78 is 0.817. The van der Waals surface area contributed by atoms with Crippen LogP contribution in [0.1, 0.15) is 15.2 Å². The highest BCUT2D eigenvalue weighted by molar-refractivity contribution is 7.16. The van der Waals surface area contributed by atoms with Crippen molar-refractivity contribution in [1.82, 2.24) is 19.8 Å². The number of benzene rings is 1. The molecule has 1 aliphatic heterocycles. The molecular formula is C24H21ClN4OS. The molecule has 1 fully saturated rings. The SMILES string of the molecule is O=C(c1cc(-c2cccnc2)nc2ccccc12)N1CCN(Cc2ccc(Cl)s2)CC1. The molecule has 0 atom stereocenters. The average molecular weight is 449 g/mol. The molecule has 5 rings (SSSR count). The fourth-order valence-corrected chi connectivity index (χ4v) is 5.08. The Morgan fingerprint density at radius 3 is 2.61 bits per heavy atom. The number of amides is 1. The molecular weight excluding hydrogens is 428 g/mol. The summed E-state index contributed by atoms with van der Waals surface area (Å²) >= 11 is 7.67. The van der Waals surface area contributed by atoms with Crippen LogP contribution in [0.25, 0.3) is 22.2 Å². The highest BCUT2D eigenvalue weighted by Crippen LogP contribution is 2.26. The van der Waals surface area contributed by atoms with Crippen LogP contribution in [0.3, 0.4) is 0 Å². The lowest BCUT2D eigenvalue weighted by molar-refractivity contribution is 0.0631. The summed E-state index contributed by atoms with van der Waals surface area (Å²) in [5.41, 5.74) is 3.19. The quantitative estimate of drug-likeness (QED) is 0.442. The highest BCUT2D eigenvalue weighted by Gasteiger charge is 2.24. The van der Waals surface area contributed by atoms with E-state index in [0.29, 0.717) is 18.7 Å². The van der Waals surface area contributed by atoms with Crippen LogP contribution in [0.2, 0.25) is 4.34 Å². The fraction of sp³-hybridized carbons (Fsp3) is 0.208. The predicted octanol–water partition coefficient (Wildman–Crippen LogP) is 4.97. The molecule has 1 aromatic carbocycles. The van der Waals surface area contributed by atoms with Crippen LogP contribution in [-0.4, -0.2) is 51.9 Å². The molecule has 0 unspecified atom stereocenters. The molecule has 0 radical (unpaired) electrons. The number of nitrogens with zero attached hydrogens (tertiary/aromatic N) is 4. The molecule has 0 spiro atoms. The number of rotatable bonds is 4. The lowest BCUT2D eigenvalue weighted by Gasteiger charge is -2.34. The lowest BCUT2D eigenvalue weighted by atomic mass is 10.0. The smallest absolute Gasteiger partial charge is 0.254 e. The Morgan fingerprint density at radius 2 is 1.87 bits per heavy atom. The van der Waals surface area contributed by atoms with Crippen LogP contribution >= 0.6 is 22.9 Å². The van der Waals surface area contributed by atoms with Gasteiger partial charge in [-0.05, 0) is 36.4 Å². The molecule has 1 aliphatic rings. The zero-order chi connectivity index (χ0) is 21.2. The number of aromatic nitrogens is 2. The van der Waals surface area contributed by atoms with Gasteiger partial charge in [0.25, 0.3) is 5.91 Å². The predicted molar refractivity (Wildman–Crippen MR) is 125 cm³/mol. The molecule has 0 bridgehead atoms. The number of carbonyl (C=O) groups excluding carboxylic acids is 1. The highest BCUT2D eigenvalue weighted by atomic mass is 35.5. The second kappa shape index (κ2) is 8.75. The van der Waals surface area contributed by atoms with Gasteiger partial charge in [0, 0.05) is 60.9 Å². The Labute approximate surface area is 189 Å². The van der Waals surface area contributed by atoms with E-state index in [1.54, 1.807) is 23.7 Å². The Balaban J connectivity index is 1.38. The first-order chi connectivity index (χ1) is 15.2. The number of fused-ring (bicyclic) bond motifs is 1. The van der Waals surface area contributed by atoms with E-state index in [2.05, 4.69) is 16.0 Å². The van der Waals surface area contributed by atoms with E-state index in [1.807, 2.05) is 53.4 Å². The number of hydrogen-bond donors (Lipinski definition) is 0. The van der Waals surface area contributed by atoms with Crippen LogP contribution in [-0.2, 0) is 6.54 Å². The molecule has 0 aliphatic carbocycles. The van der Waals surface area contributed by atoms with Crippen molar-refractivity contribution < 1.29 is 4.79 Å². The third kappa shape index (κ3) is 4.32. The van der Waals surface area contributed by atoms with Gasteiger partial charge < -0.3 is 4.90 Å². The van der Waals surface area contributed by atoms with E-state index in [9.17, 15) is 4.79 Å². The Bertz CT molecular complexity index is 1220. The third-order valence-electron chi connectivity index (χ3n) is 5.57. The maximum absolute atomic E-state index is 13.5. The fourth-order valence-electron chi connectivity index (χ4n) is 3.95. The van der Waals surface area contributed by atoms with Crippen molar-refractivity contribution in [3.63, 3.8) is 0 Å². The molecule has 1 saturated heterocycles. The van der Waals surface area contributed by atoms with Crippen molar-refractivity contribution >= 4 is 39.7 Å². The van der Waals surface area contributed by atoms with Crippen LogP contribution in [0.15, 0.2) is 67.0 Å². The van der Waals surface area contributed by atoms with Crippen LogP contribution in [0.5, 0.6) is 0 Å².